The van der Waals surface area contributed by atoms with E-state index < -0.39 is 0 Å². The van der Waals surface area contributed by atoms with Crippen LogP contribution in [0, 0.1) is 0 Å². The van der Waals surface area contributed by atoms with E-state index in [-0.39, 0.29) is 24.0 Å². The SMILES string of the molecule is [I-].[NH2+]=c1sc2c([se]1)CCCC2. The van der Waals surface area contributed by atoms with Gasteiger partial charge in [0.05, 0.1) is 0 Å². The summed E-state index contributed by atoms with van der Waals surface area (Å²) in [4.78, 5) is 1.61. The summed E-state index contributed by atoms with van der Waals surface area (Å²) >= 11 is 2.41. The molecule has 0 amide bonds. The van der Waals surface area contributed by atoms with Crippen LogP contribution in [-0.4, -0.2) is 14.5 Å². The van der Waals surface area contributed by atoms with Gasteiger partial charge in [0, 0.05) is 0 Å². The second-order valence-corrected chi connectivity index (χ2v) is 6.68. The first-order valence-electron chi connectivity index (χ1n) is 3.56. The zero-order valence-corrected chi connectivity index (χ0v) is 10.8. The molecule has 0 unspecified atom stereocenters. The third-order valence-corrected chi connectivity index (χ3v) is 5.85. The van der Waals surface area contributed by atoms with Crippen LogP contribution >= 0.6 is 11.3 Å². The molecule has 0 atom stereocenters. The van der Waals surface area contributed by atoms with Crippen LogP contribution in [0.15, 0.2) is 0 Å². The van der Waals surface area contributed by atoms with Crippen molar-refractivity contribution in [1.82, 2.24) is 0 Å². The summed E-state index contributed by atoms with van der Waals surface area (Å²) in [7, 11) is 0. The van der Waals surface area contributed by atoms with Crippen molar-refractivity contribution in [2.45, 2.75) is 25.7 Å². The van der Waals surface area contributed by atoms with Gasteiger partial charge in [0.25, 0.3) is 0 Å². The first kappa shape index (κ1) is 9.96. The molecular weight excluding hydrogens is 336 g/mol. The van der Waals surface area contributed by atoms with E-state index in [4.69, 9.17) is 5.41 Å². The van der Waals surface area contributed by atoms with E-state index in [9.17, 15) is 0 Å². The normalized spacial score (nSPS) is 15.3. The predicted octanol–water partition coefficient (Wildman–Crippen LogP) is -3.65. The molecule has 0 fully saturated rings. The Hall–Kier alpha value is 0.879. The van der Waals surface area contributed by atoms with Gasteiger partial charge in [-0.2, -0.15) is 0 Å². The summed E-state index contributed by atoms with van der Waals surface area (Å²) in [6, 6.07) is 0. The molecule has 62 valence electrons. The Labute approximate surface area is 93.1 Å². The van der Waals surface area contributed by atoms with Gasteiger partial charge < -0.3 is 24.0 Å². The predicted molar refractivity (Wildman–Crippen MR) is 43.0 cm³/mol. The topological polar surface area (TPSA) is 25.6 Å². The summed E-state index contributed by atoms with van der Waals surface area (Å²) in [5.41, 5.74) is 0. The van der Waals surface area contributed by atoms with Crippen LogP contribution in [0.1, 0.15) is 22.2 Å². The van der Waals surface area contributed by atoms with Gasteiger partial charge in [0.15, 0.2) is 0 Å². The van der Waals surface area contributed by atoms with E-state index in [1.54, 1.807) is 9.31 Å². The van der Waals surface area contributed by atoms with E-state index in [0.29, 0.717) is 14.5 Å². The van der Waals surface area contributed by atoms with Gasteiger partial charge in [0.2, 0.25) is 0 Å². The first-order valence-corrected chi connectivity index (χ1v) is 6.09. The molecule has 1 nitrogen and oxygen atoms in total. The van der Waals surface area contributed by atoms with Crippen LogP contribution in [-0.2, 0) is 12.8 Å². The summed E-state index contributed by atoms with van der Waals surface area (Å²) in [6.45, 7) is 0. The molecule has 0 bridgehead atoms. The van der Waals surface area contributed by atoms with E-state index >= 15 is 0 Å². The van der Waals surface area contributed by atoms with Gasteiger partial charge in [-0.3, -0.25) is 0 Å². The van der Waals surface area contributed by atoms with Crippen molar-refractivity contribution >= 4 is 25.8 Å². The van der Waals surface area contributed by atoms with Gasteiger partial charge in [0.1, 0.15) is 0 Å². The number of hydrogen-bond donors (Lipinski definition) is 1. The van der Waals surface area contributed by atoms with Crippen LogP contribution in [0.5, 0.6) is 0 Å². The third kappa shape index (κ3) is 2.17. The molecule has 0 aromatic carbocycles. The molecule has 2 N–H and O–H groups in total. The molecule has 11 heavy (non-hydrogen) atoms. The summed E-state index contributed by atoms with van der Waals surface area (Å²) in [5.74, 6) is 0. The molecule has 4 heteroatoms. The monoisotopic (exact) mass is 347 g/mol. The van der Waals surface area contributed by atoms with Crippen molar-refractivity contribution in [3.63, 3.8) is 0 Å². The molecule has 1 aromatic rings. The summed E-state index contributed by atoms with van der Waals surface area (Å²) in [5, 5.41) is 5.76. The van der Waals surface area contributed by atoms with Gasteiger partial charge in [-0.05, 0) is 0 Å². The summed E-state index contributed by atoms with van der Waals surface area (Å²) in [6.07, 6.45) is 5.43. The van der Waals surface area contributed by atoms with Crippen molar-refractivity contribution in [3.8, 4) is 0 Å². The molecule has 1 aliphatic rings. The van der Waals surface area contributed by atoms with Gasteiger partial charge in [-0.25, -0.2) is 0 Å². The Morgan fingerprint density at radius 1 is 1.27 bits per heavy atom. The van der Waals surface area contributed by atoms with Crippen molar-refractivity contribution in [2.75, 3.05) is 0 Å². The van der Waals surface area contributed by atoms with Crippen LogP contribution < -0.4 is 32.9 Å². The molecule has 1 aliphatic carbocycles. The maximum absolute atomic E-state index is 5.76. The number of nitrogens with two attached hydrogens (primary N) is 1. The average molecular weight is 346 g/mol. The van der Waals surface area contributed by atoms with Crippen molar-refractivity contribution in [3.05, 3.63) is 12.9 Å². The quantitative estimate of drug-likeness (QED) is 0.371. The standard InChI is InChI=1S/C7H9NSSe.HI/c8-7-9-5-3-1-2-4-6(5)10-7;/h8H,1-4H2;1H. The van der Waals surface area contributed by atoms with Gasteiger partial charge in [-0.1, -0.05) is 0 Å². The second-order valence-electron chi connectivity index (χ2n) is 2.58. The minimum atomic E-state index is 0. The molecule has 0 spiro atoms. The molecular formula is C7H10INSSe. The van der Waals surface area contributed by atoms with E-state index in [0.717, 1.165) is 0 Å². The van der Waals surface area contributed by atoms with E-state index in [1.165, 1.54) is 29.2 Å². The van der Waals surface area contributed by atoms with Crippen LogP contribution in [0.25, 0.3) is 0 Å². The fraction of sp³-hybridized carbons (Fsp3) is 0.571. The molecule has 0 aliphatic heterocycles. The van der Waals surface area contributed by atoms with Crippen LogP contribution in [0.4, 0.5) is 0 Å². The minimum absolute atomic E-state index is 0. The number of hydrogen-bond acceptors (Lipinski definition) is 1. The Kier molecular flexibility index (Phi) is 3.81. The average Bonchev–Trinajstić information content (AvgIpc) is 2.27. The van der Waals surface area contributed by atoms with Crippen molar-refractivity contribution in [2.24, 2.45) is 0 Å². The van der Waals surface area contributed by atoms with E-state index in [2.05, 4.69) is 0 Å². The zero-order valence-electron chi connectivity index (χ0n) is 6.10. The molecule has 0 saturated carbocycles. The Morgan fingerprint density at radius 3 is 2.73 bits per heavy atom. The second kappa shape index (κ2) is 4.21. The van der Waals surface area contributed by atoms with E-state index in [1.807, 2.05) is 11.3 Å². The third-order valence-electron chi connectivity index (χ3n) is 1.82. The Morgan fingerprint density at radius 2 is 2.00 bits per heavy atom. The van der Waals surface area contributed by atoms with Crippen LogP contribution in [0.3, 0.4) is 0 Å². The molecule has 1 aromatic heterocycles. The van der Waals surface area contributed by atoms with Crippen molar-refractivity contribution in [1.29, 1.82) is 0 Å². The fourth-order valence-electron chi connectivity index (χ4n) is 1.33. The number of rotatable bonds is 0. The van der Waals surface area contributed by atoms with Crippen LogP contribution in [0.2, 0.25) is 0 Å². The summed E-state index contributed by atoms with van der Waals surface area (Å²) < 4.78 is 2.88. The number of halogens is 1. The molecule has 0 saturated heterocycles. The van der Waals surface area contributed by atoms with Crippen molar-refractivity contribution < 1.29 is 29.4 Å². The molecule has 2 rings (SSSR count). The number of aryl methyl sites for hydroxylation is 2. The molecule has 1 heterocycles. The Balaban J connectivity index is 0.000000605. The number of fused-ring (bicyclic) bond motifs is 1. The van der Waals surface area contributed by atoms with Gasteiger partial charge in [-0.15, -0.1) is 0 Å². The fourth-order valence-corrected chi connectivity index (χ4v) is 5.45. The maximum atomic E-state index is 5.76. The van der Waals surface area contributed by atoms with Gasteiger partial charge >= 0.3 is 69.8 Å². The molecule has 0 radical (unpaired) electrons. The first-order chi connectivity index (χ1) is 4.86. The Bertz CT molecular complexity index is 264. The zero-order chi connectivity index (χ0) is 6.97.